The van der Waals surface area contributed by atoms with Crippen molar-refractivity contribution in [3.63, 3.8) is 0 Å². The van der Waals surface area contributed by atoms with E-state index in [2.05, 4.69) is 129 Å². The molecule has 1 heterocycles. The Morgan fingerprint density at radius 3 is 1.32 bits per heavy atom. The first kappa shape index (κ1) is 67.6. The second-order valence-corrected chi connectivity index (χ2v) is 19.7. The van der Waals surface area contributed by atoms with Crippen LogP contribution in [0.15, 0.2) is 122 Å². The molecule has 0 saturated carbocycles. The lowest BCUT2D eigenvalue weighted by atomic mass is 9.99. The topological polar surface area (TPSA) is 149 Å². The number of ether oxygens (including phenoxy) is 2. The van der Waals surface area contributed by atoms with E-state index in [4.69, 9.17) is 9.47 Å². The zero-order chi connectivity index (χ0) is 52.9. The highest BCUT2D eigenvalue weighted by molar-refractivity contribution is 5.76. The number of aliphatic hydroxyl groups is 5. The summed E-state index contributed by atoms with van der Waals surface area (Å²) in [6.45, 7) is 3.61. The van der Waals surface area contributed by atoms with Crippen LogP contribution in [-0.2, 0) is 14.3 Å². The second-order valence-electron chi connectivity index (χ2n) is 19.7. The zero-order valence-electron chi connectivity index (χ0n) is 46.1. The second kappa shape index (κ2) is 52.0. The highest BCUT2D eigenvalue weighted by Crippen LogP contribution is 2.23. The molecule has 73 heavy (non-hydrogen) atoms. The van der Waals surface area contributed by atoms with Gasteiger partial charge in [0.25, 0.3) is 0 Å². The van der Waals surface area contributed by atoms with Gasteiger partial charge in [-0.15, -0.1) is 0 Å². The molecule has 9 nitrogen and oxygen atoms in total. The van der Waals surface area contributed by atoms with Crippen molar-refractivity contribution in [1.29, 1.82) is 0 Å². The molecule has 1 amide bonds. The fourth-order valence-corrected chi connectivity index (χ4v) is 8.40. The van der Waals surface area contributed by atoms with Crippen LogP contribution >= 0.6 is 0 Å². The van der Waals surface area contributed by atoms with E-state index < -0.39 is 49.5 Å². The Bertz CT molecular complexity index is 1560. The molecule has 6 N–H and O–H groups in total. The molecule has 1 aliphatic rings. The Morgan fingerprint density at radius 2 is 0.863 bits per heavy atom. The summed E-state index contributed by atoms with van der Waals surface area (Å²) in [5, 5.41) is 54.4. The molecule has 0 aromatic heterocycles. The fourth-order valence-electron chi connectivity index (χ4n) is 8.40. The molecule has 7 atom stereocenters. The number of unbranched alkanes of at least 4 members (excludes halogenated alkanes) is 20. The lowest BCUT2D eigenvalue weighted by Gasteiger charge is -2.40. The van der Waals surface area contributed by atoms with Gasteiger partial charge in [-0.05, 0) is 103 Å². The van der Waals surface area contributed by atoms with Crippen molar-refractivity contribution in [2.45, 2.75) is 262 Å². The number of hydrogen-bond acceptors (Lipinski definition) is 8. The number of nitrogens with one attached hydrogen (secondary N) is 1. The van der Waals surface area contributed by atoms with E-state index in [9.17, 15) is 30.3 Å². The molecule has 416 valence electrons. The van der Waals surface area contributed by atoms with Crippen molar-refractivity contribution in [3.05, 3.63) is 122 Å². The standard InChI is InChI=1S/C64H107NO8/c1-3-5-7-9-11-13-15-17-19-20-21-22-23-24-25-26-27-28-29-30-31-32-33-34-35-36-37-38-40-42-44-46-48-50-52-54-60(68)65-57(56-72-64-63(71)62(70)61(69)59(55-66)73-64)58(67)53-51-49-47-45-43-41-39-18-16-14-12-10-8-6-4-2/h5,7,11,13,16-19,21-22,24-25,27-28,30-31,43,45,51,53,57-59,61-64,66-67,69-71H,3-4,6,8-10,12,14-15,20,23,26,29,32-42,44,46-50,52,54-56H2,1-2H3,(H,65,68)/b7-5-,13-11-,18-16+,19-17-,22-21-,25-24-,28-27-,31-30-,45-43+,53-51+. The van der Waals surface area contributed by atoms with Gasteiger partial charge in [-0.25, -0.2) is 0 Å². The first-order valence-electron chi connectivity index (χ1n) is 29.3. The molecular weight excluding hydrogens is 911 g/mol. The molecule has 0 aromatic carbocycles. The fraction of sp³-hybridized carbons (Fsp3) is 0.672. The van der Waals surface area contributed by atoms with E-state index in [0.29, 0.717) is 6.42 Å². The molecule has 0 spiro atoms. The minimum Gasteiger partial charge on any atom is -0.394 e. The van der Waals surface area contributed by atoms with Crippen LogP contribution in [0.1, 0.15) is 219 Å². The number of allylic oxidation sites excluding steroid dienone is 19. The predicted octanol–water partition coefficient (Wildman–Crippen LogP) is 14.7. The van der Waals surface area contributed by atoms with Gasteiger partial charge in [-0.3, -0.25) is 4.79 Å². The summed E-state index contributed by atoms with van der Waals surface area (Å²) < 4.78 is 11.2. The minimum atomic E-state index is -1.58. The summed E-state index contributed by atoms with van der Waals surface area (Å²) in [6, 6.07) is -0.836. The van der Waals surface area contributed by atoms with Crippen LogP contribution in [0.5, 0.6) is 0 Å². The lowest BCUT2D eigenvalue weighted by Crippen LogP contribution is -2.60. The van der Waals surface area contributed by atoms with Crippen LogP contribution in [0.25, 0.3) is 0 Å². The zero-order valence-corrected chi connectivity index (χ0v) is 46.1. The lowest BCUT2D eigenvalue weighted by molar-refractivity contribution is -0.302. The minimum absolute atomic E-state index is 0.198. The summed E-state index contributed by atoms with van der Waals surface area (Å²) >= 11 is 0. The summed E-state index contributed by atoms with van der Waals surface area (Å²) in [5.74, 6) is -0.198. The summed E-state index contributed by atoms with van der Waals surface area (Å²) in [5.41, 5.74) is 0. The van der Waals surface area contributed by atoms with Gasteiger partial charge >= 0.3 is 0 Å². The molecule has 0 aromatic rings. The molecule has 9 heteroatoms. The van der Waals surface area contributed by atoms with Crippen molar-refractivity contribution in [2.24, 2.45) is 0 Å². The Kier molecular flexibility index (Phi) is 48.2. The van der Waals surface area contributed by atoms with Crippen molar-refractivity contribution >= 4 is 5.91 Å². The molecule has 0 aliphatic carbocycles. The van der Waals surface area contributed by atoms with Crippen LogP contribution in [0, 0.1) is 0 Å². The molecular formula is C64H107NO8. The molecule has 0 radical (unpaired) electrons. The average Bonchev–Trinajstić information content (AvgIpc) is 3.39. The summed E-state index contributed by atoms with van der Waals surface area (Å²) in [7, 11) is 0. The third kappa shape index (κ3) is 41.5. The predicted molar refractivity (Wildman–Crippen MR) is 308 cm³/mol. The first-order chi connectivity index (χ1) is 35.8. The molecule has 7 unspecified atom stereocenters. The third-order valence-electron chi connectivity index (χ3n) is 13.0. The van der Waals surface area contributed by atoms with E-state index in [1.54, 1.807) is 6.08 Å². The van der Waals surface area contributed by atoms with Crippen LogP contribution in [0.2, 0.25) is 0 Å². The van der Waals surface area contributed by atoms with E-state index in [0.717, 1.165) is 96.3 Å². The number of rotatable bonds is 48. The van der Waals surface area contributed by atoms with Crippen molar-refractivity contribution in [3.8, 4) is 0 Å². The number of aliphatic hydroxyl groups excluding tert-OH is 5. The summed E-state index contributed by atoms with van der Waals surface area (Å²) in [4.78, 5) is 13.0. The number of carbonyl (C=O) groups excluding carboxylic acids is 1. The van der Waals surface area contributed by atoms with Crippen molar-refractivity contribution in [2.75, 3.05) is 13.2 Å². The van der Waals surface area contributed by atoms with Crippen molar-refractivity contribution in [1.82, 2.24) is 5.32 Å². The van der Waals surface area contributed by atoms with Gasteiger partial charge in [0.2, 0.25) is 5.91 Å². The van der Waals surface area contributed by atoms with Crippen molar-refractivity contribution < 1.29 is 39.8 Å². The van der Waals surface area contributed by atoms with Gasteiger partial charge in [-0.1, -0.05) is 232 Å². The Hall–Kier alpha value is -3.41. The Morgan fingerprint density at radius 1 is 0.479 bits per heavy atom. The van der Waals surface area contributed by atoms with E-state index >= 15 is 0 Å². The monoisotopic (exact) mass is 1020 g/mol. The molecule has 1 aliphatic heterocycles. The van der Waals surface area contributed by atoms with Gasteiger partial charge in [-0.2, -0.15) is 0 Å². The van der Waals surface area contributed by atoms with Gasteiger partial charge in [0.1, 0.15) is 24.4 Å². The average molecular weight is 1020 g/mol. The van der Waals surface area contributed by atoms with Crippen LogP contribution in [0.4, 0.5) is 0 Å². The van der Waals surface area contributed by atoms with Crippen LogP contribution < -0.4 is 5.32 Å². The number of amides is 1. The van der Waals surface area contributed by atoms with E-state index in [1.807, 2.05) is 6.08 Å². The Labute approximate surface area is 446 Å². The highest BCUT2D eigenvalue weighted by atomic mass is 16.7. The smallest absolute Gasteiger partial charge is 0.220 e. The molecule has 0 bridgehead atoms. The van der Waals surface area contributed by atoms with Gasteiger partial charge < -0.3 is 40.3 Å². The number of carbonyl (C=O) groups is 1. The van der Waals surface area contributed by atoms with Crippen LogP contribution in [0.3, 0.4) is 0 Å². The molecule has 1 saturated heterocycles. The first-order valence-corrected chi connectivity index (χ1v) is 29.3. The molecule has 1 rings (SSSR count). The van der Waals surface area contributed by atoms with Crippen LogP contribution in [-0.4, -0.2) is 87.5 Å². The van der Waals surface area contributed by atoms with Gasteiger partial charge in [0.15, 0.2) is 6.29 Å². The summed E-state index contributed by atoms with van der Waals surface area (Å²) in [6.07, 6.45) is 71.2. The normalized spacial score (nSPS) is 20.0. The maximum absolute atomic E-state index is 13.0. The van der Waals surface area contributed by atoms with E-state index in [-0.39, 0.29) is 12.5 Å². The Balaban J connectivity index is 2.18. The SMILES string of the molecule is CC/C=C\C/C=C\C/C=C\C/C=C\C/C=C\C/C=C\C/C=C\CCCCCCCCCCCCCCCC(=O)NC(COC1OC(CO)C(O)C(O)C1O)C(O)/C=C/CC/C=C/CC/C=C/CCCCCCC. The molecule has 1 fully saturated rings. The third-order valence-corrected chi connectivity index (χ3v) is 13.0. The quantitative estimate of drug-likeness (QED) is 0.0261. The largest absolute Gasteiger partial charge is 0.394 e. The maximum Gasteiger partial charge on any atom is 0.220 e. The highest BCUT2D eigenvalue weighted by Gasteiger charge is 2.44. The van der Waals surface area contributed by atoms with Gasteiger partial charge in [0.05, 0.1) is 25.4 Å². The maximum atomic E-state index is 13.0. The van der Waals surface area contributed by atoms with Gasteiger partial charge in [0, 0.05) is 6.42 Å². The van der Waals surface area contributed by atoms with E-state index in [1.165, 1.54) is 103 Å². The number of hydrogen-bond donors (Lipinski definition) is 6.